The molecule has 17 heavy (non-hydrogen) atoms. The van der Waals surface area contributed by atoms with E-state index in [0.717, 1.165) is 10.5 Å². The molecule has 0 fully saturated rings. The third-order valence-electron chi connectivity index (χ3n) is 2.06. The van der Waals surface area contributed by atoms with E-state index in [1.165, 1.54) is 11.8 Å². The molecule has 0 heterocycles. The Bertz CT molecular complexity index is 375. The van der Waals surface area contributed by atoms with Crippen LogP contribution in [0.3, 0.4) is 0 Å². The zero-order valence-corrected chi connectivity index (χ0v) is 11.2. The van der Waals surface area contributed by atoms with Crippen molar-refractivity contribution in [3.05, 3.63) is 29.8 Å². The fourth-order valence-corrected chi connectivity index (χ4v) is 2.05. The number of ether oxygens (including phenoxy) is 1. The van der Waals surface area contributed by atoms with Crippen molar-refractivity contribution in [3.8, 4) is 0 Å². The van der Waals surface area contributed by atoms with Crippen LogP contribution < -0.4 is 0 Å². The predicted molar refractivity (Wildman–Crippen MR) is 69.0 cm³/mol. The molecular weight excluding hydrogens is 236 g/mol. The molecule has 1 atom stereocenters. The molecule has 0 saturated heterocycles. The van der Waals surface area contributed by atoms with E-state index in [2.05, 4.69) is 0 Å². The van der Waals surface area contributed by atoms with Crippen molar-refractivity contribution in [1.29, 1.82) is 0 Å². The Labute approximate surface area is 106 Å². The summed E-state index contributed by atoms with van der Waals surface area (Å²) in [4.78, 5) is 12.3. The highest BCUT2D eigenvalue weighted by molar-refractivity contribution is 8.00. The zero-order chi connectivity index (χ0) is 12.8. The molecule has 1 aromatic carbocycles. The van der Waals surface area contributed by atoms with E-state index in [-0.39, 0.29) is 12.1 Å². The summed E-state index contributed by atoms with van der Waals surface area (Å²) in [6, 6.07) is 7.54. The Balaban J connectivity index is 2.52. The standard InChI is InChI=1S/C13H18O3S/c1-9(2)16-13(15)8-17-12-6-4-5-11(7-12)10(3)14/h4-7,9-10,14H,8H2,1-3H3. The summed E-state index contributed by atoms with van der Waals surface area (Å²) in [7, 11) is 0. The first-order valence-corrected chi connectivity index (χ1v) is 6.58. The molecule has 1 N–H and O–H groups in total. The van der Waals surface area contributed by atoms with Crippen LogP contribution in [-0.2, 0) is 9.53 Å². The second-order valence-corrected chi connectivity index (χ2v) is 5.12. The van der Waals surface area contributed by atoms with Crippen LogP contribution in [0.4, 0.5) is 0 Å². The second-order valence-electron chi connectivity index (χ2n) is 4.08. The normalized spacial score (nSPS) is 12.5. The highest BCUT2D eigenvalue weighted by atomic mass is 32.2. The molecule has 94 valence electrons. The number of aliphatic hydroxyl groups excluding tert-OH is 1. The summed E-state index contributed by atoms with van der Waals surface area (Å²) in [5, 5.41) is 9.44. The predicted octanol–water partition coefficient (Wildman–Crippen LogP) is 2.78. The lowest BCUT2D eigenvalue weighted by Crippen LogP contribution is -2.13. The topological polar surface area (TPSA) is 46.5 Å². The minimum Gasteiger partial charge on any atom is -0.462 e. The van der Waals surface area contributed by atoms with E-state index < -0.39 is 6.10 Å². The summed E-state index contributed by atoms with van der Waals surface area (Å²) in [5.74, 6) is 0.0778. The van der Waals surface area contributed by atoms with Gasteiger partial charge in [0, 0.05) is 4.90 Å². The van der Waals surface area contributed by atoms with Crippen LogP contribution in [0.5, 0.6) is 0 Å². The summed E-state index contributed by atoms with van der Waals surface area (Å²) >= 11 is 1.42. The van der Waals surface area contributed by atoms with E-state index in [4.69, 9.17) is 4.74 Å². The first kappa shape index (κ1) is 14.1. The fourth-order valence-electron chi connectivity index (χ4n) is 1.30. The SMILES string of the molecule is CC(C)OC(=O)CSc1cccc(C(C)O)c1. The molecule has 0 aliphatic rings. The monoisotopic (exact) mass is 254 g/mol. The molecule has 0 aromatic heterocycles. The molecular formula is C13H18O3S. The van der Waals surface area contributed by atoms with Crippen LogP contribution in [0.1, 0.15) is 32.4 Å². The first-order valence-electron chi connectivity index (χ1n) is 5.59. The van der Waals surface area contributed by atoms with Gasteiger partial charge >= 0.3 is 5.97 Å². The molecule has 0 aliphatic carbocycles. The van der Waals surface area contributed by atoms with Crippen LogP contribution in [0.15, 0.2) is 29.2 Å². The third-order valence-corrected chi connectivity index (χ3v) is 3.03. The number of hydrogen-bond donors (Lipinski definition) is 1. The van der Waals surface area contributed by atoms with Crippen molar-refractivity contribution < 1.29 is 14.6 Å². The van der Waals surface area contributed by atoms with Crippen molar-refractivity contribution >= 4 is 17.7 Å². The summed E-state index contributed by atoms with van der Waals surface area (Å²) in [6.45, 7) is 5.38. The second kappa shape index (κ2) is 6.67. The van der Waals surface area contributed by atoms with Crippen LogP contribution in [0, 0.1) is 0 Å². The minimum absolute atomic E-state index is 0.0769. The maximum atomic E-state index is 11.4. The number of benzene rings is 1. The maximum absolute atomic E-state index is 11.4. The highest BCUT2D eigenvalue weighted by Crippen LogP contribution is 2.22. The number of thioether (sulfide) groups is 1. The lowest BCUT2D eigenvalue weighted by molar-refractivity contribution is -0.144. The van der Waals surface area contributed by atoms with Crippen molar-refractivity contribution in [2.75, 3.05) is 5.75 Å². The molecule has 0 spiro atoms. The molecule has 0 radical (unpaired) electrons. The van der Waals surface area contributed by atoms with Gasteiger partial charge in [0.1, 0.15) is 0 Å². The van der Waals surface area contributed by atoms with Gasteiger partial charge in [0.2, 0.25) is 0 Å². The van der Waals surface area contributed by atoms with Gasteiger partial charge in [-0.05, 0) is 38.5 Å². The summed E-state index contributed by atoms with van der Waals surface area (Å²) in [6.07, 6.45) is -0.565. The van der Waals surface area contributed by atoms with Gasteiger partial charge in [-0.15, -0.1) is 11.8 Å². The van der Waals surface area contributed by atoms with Gasteiger partial charge in [-0.3, -0.25) is 4.79 Å². The molecule has 0 amide bonds. The number of rotatable bonds is 5. The van der Waals surface area contributed by atoms with Gasteiger partial charge in [0.25, 0.3) is 0 Å². The maximum Gasteiger partial charge on any atom is 0.316 e. The van der Waals surface area contributed by atoms with Gasteiger partial charge in [0.15, 0.2) is 0 Å². The van der Waals surface area contributed by atoms with E-state index >= 15 is 0 Å². The van der Waals surface area contributed by atoms with Crippen LogP contribution in [0.2, 0.25) is 0 Å². The smallest absolute Gasteiger partial charge is 0.316 e. The quantitative estimate of drug-likeness (QED) is 0.648. The number of esters is 1. The van der Waals surface area contributed by atoms with Gasteiger partial charge in [-0.25, -0.2) is 0 Å². The Kier molecular flexibility index (Phi) is 5.51. The number of aliphatic hydroxyl groups is 1. The van der Waals surface area contributed by atoms with E-state index in [9.17, 15) is 9.90 Å². The Hall–Kier alpha value is -1.00. The van der Waals surface area contributed by atoms with E-state index in [1.807, 2.05) is 38.1 Å². The molecule has 1 unspecified atom stereocenters. The molecule has 1 rings (SSSR count). The average molecular weight is 254 g/mol. The third kappa shape index (κ3) is 5.24. The Morgan fingerprint density at radius 1 is 1.41 bits per heavy atom. The fraction of sp³-hybridized carbons (Fsp3) is 0.462. The van der Waals surface area contributed by atoms with Gasteiger partial charge in [-0.2, -0.15) is 0 Å². The van der Waals surface area contributed by atoms with Crippen LogP contribution in [-0.4, -0.2) is 22.9 Å². The lowest BCUT2D eigenvalue weighted by Gasteiger charge is -2.09. The van der Waals surface area contributed by atoms with Crippen molar-refractivity contribution in [3.63, 3.8) is 0 Å². The van der Waals surface area contributed by atoms with Crippen molar-refractivity contribution in [2.24, 2.45) is 0 Å². The zero-order valence-electron chi connectivity index (χ0n) is 10.3. The summed E-state index contributed by atoms with van der Waals surface area (Å²) < 4.78 is 5.04. The highest BCUT2D eigenvalue weighted by Gasteiger charge is 2.07. The average Bonchev–Trinajstić information content (AvgIpc) is 2.26. The van der Waals surface area contributed by atoms with Crippen LogP contribution >= 0.6 is 11.8 Å². The first-order chi connectivity index (χ1) is 7.99. The van der Waals surface area contributed by atoms with Gasteiger partial charge in [-0.1, -0.05) is 12.1 Å². The Morgan fingerprint density at radius 2 is 2.12 bits per heavy atom. The molecule has 3 nitrogen and oxygen atoms in total. The molecule has 0 saturated carbocycles. The number of carbonyl (C=O) groups excluding carboxylic acids is 1. The van der Waals surface area contributed by atoms with E-state index in [0.29, 0.717) is 5.75 Å². The minimum atomic E-state index is -0.488. The number of carbonyl (C=O) groups is 1. The van der Waals surface area contributed by atoms with Gasteiger partial charge < -0.3 is 9.84 Å². The Morgan fingerprint density at radius 3 is 2.71 bits per heavy atom. The molecule has 4 heteroatoms. The van der Waals surface area contributed by atoms with Crippen molar-refractivity contribution in [1.82, 2.24) is 0 Å². The molecule has 0 aliphatic heterocycles. The van der Waals surface area contributed by atoms with Crippen molar-refractivity contribution in [2.45, 2.75) is 37.9 Å². The van der Waals surface area contributed by atoms with E-state index in [1.54, 1.807) is 6.92 Å². The largest absolute Gasteiger partial charge is 0.462 e. The lowest BCUT2D eigenvalue weighted by atomic mass is 10.1. The van der Waals surface area contributed by atoms with Crippen LogP contribution in [0.25, 0.3) is 0 Å². The number of hydrogen-bond acceptors (Lipinski definition) is 4. The molecule has 1 aromatic rings. The van der Waals surface area contributed by atoms with Gasteiger partial charge in [0.05, 0.1) is 18.0 Å². The summed E-state index contributed by atoms with van der Waals surface area (Å²) in [5.41, 5.74) is 0.854. The molecule has 0 bridgehead atoms.